The van der Waals surface area contributed by atoms with Crippen LogP contribution in [0.5, 0.6) is 0 Å². The van der Waals surface area contributed by atoms with Crippen molar-refractivity contribution in [2.75, 3.05) is 31.6 Å². The second-order valence-corrected chi connectivity index (χ2v) is 5.61. The molecule has 0 spiro atoms. The quantitative estimate of drug-likeness (QED) is 0.888. The molecule has 98 valence electrons. The molecular formula is C13H17BrN2O2. The highest BCUT2D eigenvalue weighted by atomic mass is 79.9. The number of hydrogen-bond donors (Lipinski definition) is 2. The van der Waals surface area contributed by atoms with Gasteiger partial charge in [0, 0.05) is 35.8 Å². The van der Waals surface area contributed by atoms with Crippen molar-refractivity contribution in [2.45, 2.75) is 6.92 Å². The maximum absolute atomic E-state index is 11.8. The number of nitrogens with one attached hydrogen (secondary N) is 1. The minimum absolute atomic E-state index is 0.00638. The zero-order chi connectivity index (χ0) is 13.1. The van der Waals surface area contributed by atoms with Crippen LogP contribution in [-0.4, -0.2) is 42.2 Å². The van der Waals surface area contributed by atoms with E-state index >= 15 is 0 Å². The topological polar surface area (TPSA) is 52.6 Å². The summed E-state index contributed by atoms with van der Waals surface area (Å²) in [6, 6.07) is 5.74. The zero-order valence-corrected chi connectivity index (χ0v) is 11.9. The van der Waals surface area contributed by atoms with Gasteiger partial charge in [0.2, 0.25) is 5.91 Å². The van der Waals surface area contributed by atoms with Gasteiger partial charge in [-0.05, 0) is 30.7 Å². The number of rotatable bonds is 4. The van der Waals surface area contributed by atoms with Crippen molar-refractivity contribution in [3.05, 3.63) is 28.2 Å². The summed E-state index contributed by atoms with van der Waals surface area (Å²) >= 11 is 3.43. The molecule has 1 fully saturated rings. The highest BCUT2D eigenvalue weighted by Crippen LogP contribution is 2.20. The average molecular weight is 313 g/mol. The van der Waals surface area contributed by atoms with E-state index in [9.17, 15) is 4.79 Å². The van der Waals surface area contributed by atoms with Crippen molar-refractivity contribution in [1.82, 2.24) is 4.90 Å². The Kier molecular flexibility index (Phi) is 4.37. The lowest BCUT2D eigenvalue weighted by Crippen LogP contribution is -2.51. The summed E-state index contributed by atoms with van der Waals surface area (Å²) in [6.45, 7) is 4.21. The third kappa shape index (κ3) is 3.31. The van der Waals surface area contributed by atoms with Crippen LogP contribution >= 0.6 is 15.9 Å². The number of carbonyl (C=O) groups is 1. The Morgan fingerprint density at radius 3 is 2.89 bits per heavy atom. The van der Waals surface area contributed by atoms with Gasteiger partial charge in [-0.2, -0.15) is 0 Å². The summed E-state index contributed by atoms with van der Waals surface area (Å²) in [6.07, 6.45) is 0. The first-order chi connectivity index (χ1) is 8.58. The molecule has 1 aliphatic rings. The largest absolute Gasteiger partial charge is 0.396 e. The van der Waals surface area contributed by atoms with Crippen LogP contribution in [0.15, 0.2) is 22.7 Å². The van der Waals surface area contributed by atoms with Gasteiger partial charge in [-0.1, -0.05) is 15.9 Å². The van der Waals surface area contributed by atoms with Gasteiger partial charge in [0.15, 0.2) is 0 Å². The number of aliphatic hydroxyl groups is 1. The number of anilines is 1. The number of halogens is 1. The monoisotopic (exact) mass is 312 g/mol. The fraction of sp³-hybridized carbons (Fsp3) is 0.462. The molecule has 5 heteroatoms. The third-order valence-corrected chi connectivity index (χ3v) is 3.99. The average Bonchev–Trinajstić information content (AvgIpc) is 2.28. The van der Waals surface area contributed by atoms with Crippen molar-refractivity contribution in [3.8, 4) is 0 Å². The van der Waals surface area contributed by atoms with Crippen LogP contribution in [0.1, 0.15) is 5.56 Å². The van der Waals surface area contributed by atoms with Crippen molar-refractivity contribution in [1.29, 1.82) is 0 Å². The van der Waals surface area contributed by atoms with Crippen LogP contribution in [0.4, 0.5) is 5.69 Å². The normalized spacial score (nSPS) is 16.4. The fourth-order valence-electron chi connectivity index (χ4n) is 2.05. The van der Waals surface area contributed by atoms with Crippen molar-refractivity contribution in [2.24, 2.45) is 5.92 Å². The second-order valence-electron chi connectivity index (χ2n) is 4.75. The Bertz CT molecular complexity index is 445. The van der Waals surface area contributed by atoms with Gasteiger partial charge in [-0.3, -0.25) is 9.69 Å². The van der Waals surface area contributed by atoms with Gasteiger partial charge in [0.05, 0.1) is 6.54 Å². The van der Waals surface area contributed by atoms with Crippen molar-refractivity contribution >= 4 is 27.5 Å². The van der Waals surface area contributed by atoms with E-state index in [0.29, 0.717) is 12.5 Å². The standard InChI is InChI=1S/C13H17BrN2O2/c1-9-4-11(2-3-12(9)14)15-13(18)7-16-5-10(6-16)8-17/h2-4,10,17H,5-8H2,1H3,(H,15,18). The van der Waals surface area contributed by atoms with Crippen LogP contribution in [0.2, 0.25) is 0 Å². The minimum atomic E-state index is -0.00638. The van der Waals surface area contributed by atoms with E-state index in [1.807, 2.05) is 30.0 Å². The molecule has 0 saturated carbocycles. The van der Waals surface area contributed by atoms with Crippen LogP contribution in [-0.2, 0) is 4.79 Å². The Balaban J connectivity index is 1.82. The number of benzene rings is 1. The van der Waals surface area contributed by atoms with Crippen LogP contribution in [0.25, 0.3) is 0 Å². The van der Waals surface area contributed by atoms with E-state index in [2.05, 4.69) is 21.2 Å². The molecule has 2 N–H and O–H groups in total. The van der Waals surface area contributed by atoms with Gasteiger partial charge >= 0.3 is 0 Å². The molecule has 0 bridgehead atoms. The van der Waals surface area contributed by atoms with Gasteiger partial charge in [0.1, 0.15) is 0 Å². The van der Waals surface area contributed by atoms with Gasteiger partial charge in [-0.15, -0.1) is 0 Å². The Morgan fingerprint density at radius 1 is 1.56 bits per heavy atom. The molecule has 1 heterocycles. The number of hydrogen-bond acceptors (Lipinski definition) is 3. The smallest absolute Gasteiger partial charge is 0.238 e. The maximum atomic E-state index is 11.8. The van der Waals surface area contributed by atoms with Crippen molar-refractivity contribution in [3.63, 3.8) is 0 Å². The highest BCUT2D eigenvalue weighted by Gasteiger charge is 2.27. The Labute approximate surface area is 115 Å². The third-order valence-electron chi connectivity index (χ3n) is 3.10. The van der Waals surface area contributed by atoms with E-state index < -0.39 is 0 Å². The van der Waals surface area contributed by atoms with Crippen LogP contribution in [0, 0.1) is 12.8 Å². The molecule has 0 aromatic heterocycles. The van der Waals surface area contributed by atoms with E-state index in [1.54, 1.807) is 0 Å². The molecule has 1 amide bonds. The maximum Gasteiger partial charge on any atom is 0.238 e. The molecule has 1 aromatic carbocycles. The molecular weight excluding hydrogens is 296 g/mol. The van der Waals surface area contributed by atoms with E-state index in [-0.39, 0.29) is 12.5 Å². The molecule has 18 heavy (non-hydrogen) atoms. The summed E-state index contributed by atoms with van der Waals surface area (Å²) in [4.78, 5) is 13.8. The lowest BCUT2D eigenvalue weighted by atomic mass is 10.0. The summed E-state index contributed by atoms with van der Waals surface area (Å²) in [7, 11) is 0. The predicted octanol–water partition coefficient (Wildman–Crippen LogP) is 1.62. The second kappa shape index (κ2) is 5.82. The van der Waals surface area contributed by atoms with E-state index in [0.717, 1.165) is 28.8 Å². The first-order valence-corrected chi connectivity index (χ1v) is 6.77. The summed E-state index contributed by atoms with van der Waals surface area (Å²) in [5, 5.41) is 11.8. The van der Waals surface area contributed by atoms with E-state index in [4.69, 9.17) is 5.11 Å². The molecule has 1 aromatic rings. The van der Waals surface area contributed by atoms with Gasteiger partial charge in [0.25, 0.3) is 0 Å². The summed E-state index contributed by atoms with van der Waals surface area (Å²) in [5.74, 6) is 0.334. The molecule has 0 unspecified atom stereocenters. The number of aliphatic hydroxyl groups excluding tert-OH is 1. The number of aryl methyl sites for hydroxylation is 1. The fourth-order valence-corrected chi connectivity index (χ4v) is 2.29. The van der Waals surface area contributed by atoms with Crippen LogP contribution < -0.4 is 5.32 Å². The Hall–Kier alpha value is -0.910. The molecule has 0 aliphatic carbocycles. The molecule has 1 saturated heterocycles. The zero-order valence-electron chi connectivity index (χ0n) is 10.3. The first-order valence-electron chi connectivity index (χ1n) is 5.97. The lowest BCUT2D eigenvalue weighted by Gasteiger charge is -2.37. The molecule has 4 nitrogen and oxygen atoms in total. The first kappa shape index (κ1) is 13.5. The lowest BCUT2D eigenvalue weighted by molar-refractivity contribution is -0.119. The molecule has 1 aliphatic heterocycles. The number of nitrogens with zero attached hydrogens (tertiary/aromatic N) is 1. The SMILES string of the molecule is Cc1cc(NC(=O)CN2CC(CO)C2)ccc1Br. The Morgan fingerprint density at radius 2 is 2.28 bits per heavy atom. The minimum Gasteiger partial charge on any atom is -0.396 e. The number of amides is 1. The van der Waals surface area contributed by atoms with Gasteiger partial charge in [-0.25, -0.2) is 0 Å². The predicted molar refractivity (Wildman–Crippen MR) is 74.5 cm³/mol. The highest BCUT2D eigenvalue weighted by molar-refractivity contribution is 9.10. The van der Waals surface area contributed by atoms with Crippen molar-refractivity contribution < 1.29 is 9.90 Å². The molecule has 0 radical (unpaired) electrons. The van der Waals surface area contributed by atoms with E-state index in [1.165, 1.54) is 0 Å². The van der Waals surface area contributed by atoms with Crippen LogP contribution in [0.3, 0.4) is 0 Å². The molecule has 0 atom stereocenters. The molecule has 2 rings (SSSR count). The number of carbonyl (C=O) groups excluding carboxylic acids is 1. The summed E-state index contributed by atoms with van der Waals surface area (Å²) in [5.41, 5.74) is 1.91. The number of likely N-dealkylation sites (tertiary alicyclic amines) is 1. The van der Waals surface area contributed by atoms with Gasteiger partial charge < -0.3 is 10.4 Å². The summed E-state index contributed by atoms with van der Waals surface area (Å²) < 4.78 is 1.04.